The van der Waals surface area contributed by atoms with Gasteiger partial charge in [0.2, 0.25) is 0 Å². The molecule has 5 nitrogen and oxygen atoms in total. The van der Waals surface area contributed by atoms with Crippen molar-refractivity contribution in [3.05, 3.63) is 27.1 Å². The third-order valence-electron chi connectivity index (χ3n) is 2.17. The normalized spacial score (nSPS) is 11.2. The number of carbonyl (C=O) groups excluding carboxylic acids is 1. The van der Waals surface area contributed by atoms with Crippen molar-refractivity contribution in [1.29, 1.82) is 0 Å². The number of rotatable bonds is 5. The molecule has 0 aliphatic carbocycles. The van der Waals surface area contributed by atoms with Crippen LogP contribution in [0.5, 0.6) is 0 Å². The zero-order valence-electron chi connectivity index (χ0n) is 9.53. The van der Waals surface area contributed by atoms with E-state index in [9.17, 15) is 14.9 Å². The van der Waals surface area contributed by atoms with Crippen LogP contribution in [0, 0.1) is 10.1 Å². The molecule has 0 unspecified atom stereocenters. The predicted molar refractivity (Wildman–Crippen MR) is 70.9 cm³/mol. The summed E-state index contributed by atoms with van der Waals surface area (Å²) in [4.78, 5) is 22.2. The Balaban J connectivity index is 2.73. The minimum absolute atomic E-state index is 0.0200. The summed E-state index contributed by atoms with van der Waals surface area (Å²) in [6, 6.07) is 2.82. The van der Waals surface area contributed by atoms with Gasteiger partial charge >= 0.3 is 5.00 Å². The van der Waals surface area contributed by atoms with Gasteiger partial charge in [-0.3, -0.25) is 14.9 Å². The summed E-state index contributed by atoms with van der Waals surface area (Å²) in [5.41, 5.74) is -0.334. The van der Waals surface area contributed by atoms with Crippen LogP contribution in [0.3, 0.4) is 0 Å². The van der Waals surface area contributed by atoms with Crippen LogP contribution in [0.1, 0.15) is 29.9 Å². The van der Waals surface area contributed by atoms with Gasteiger partial charge in [-0.15, -0.1) is 0 Å². The van der Waals surface area contributed by atoms with Gasteiger partial charge in [-0.05, 0) is 26.3 Å². The first kappa shape index (κ1) is 14.1. The van der Waals surface area contributed by atoms with Crippen LogP contribution in [0.25, 0.3) is 0 Å². The van der Waals surface area contributed by atoms with Gasteiger partial charge in [0.1, 0.15) is 0 Å². The maximum Gasteiger partial charge on any atom is 0.324 e. The van der Waals surface area contributed by atoms with Gasteiger partial charge in [-0.1, -0.05) is 27.3 Å². The van der Waals surface area contributed by atoms with Crippen molar-refractivity contribution in [2.24, 2.45) is 0 Å². The Hall–Kier alpha value is -0.950. The molecule has 0 aromatic carbocycles. The number of alkyl halides is 1. The Kier molecular flexibility index (Phi) is 4.64. The minimum atomic E-state index is -0.495. The van der Waals surface area contributed by atoms with E-state index in [1.165, 1.54) is 12.1 Å². The number of amides is 1. The van der Waals surface area contributed by atoms with E-state index >= 15 is 0 Å². The number of hydrogen-bond donors (Lipinski definition) is 1. The number of carbonyl (C=O) groups is 1. The largest absolute Gasteiger partial charge is 0.346 e. The predicted octanol–water partition coefficient (Wildman–Crippen LogP) is 2.95. The molecule has 7 heteroatoms. The fourth-order valence-electron chi connectivity index (χ4n) is 1.22. The van der Waals surface area contributed by atoms with Crippen molar-refractivity contribution in [1.82, 2.24) is 5.32 Å². The maximum atomic E-state index is 11.8. The van der Waals surface area contributed by atoms with Gasteiger partial charge < -0.3 is 5.32 Å². The third-order valence-corrected chi connectivity index (χ3v) is 3.60. The molecule has 0 spiro atoms. The Morgan fingerprint density at radius 2 is 2.24 bits per heavy atom. The summed E-state index contributed by atoms with van der Waals surface area (Å²) in [7, 11) is 0. The Bertz CT molecular complexity index is 431. The average molecular weight is 321 g/mol. The van der Waals surface area contributed by atoms with Gasteiger partial charge in [0, 0.05) is 16.9 Å². The first-order valence-electron chi connectivity index (χ1n) is 4.98. The van der Waals surface area contributed by atoms with Crippen LogP contribution >= 0.6 is 27.3 Å². The zero-order chi connectivity index (χ0) is 13.1. The van der Waals surface area contributed by atoms with E-state index < -0.39 is 4.92 Å². The van der Waals surface area contributed by atoms with Crippen LogP contribution in [-0.4, -0.2) is 21.7 Å². The molecule has 1 aromatic rings. The van der Waals surface area contributed by atoms with Crippen LogP contribution in [-0.2, 0) is 0 Å². The SMILES string of the molecule is CC(C)(CCBr)NC(=O)c1ccc([N+](=O)[O-])s1. The van der Waals surface area contributed by atoms with Crippen LogP contribution < -0.4 is 5.32 Å². The fourth-order valence-corrected chi connectivity index (χ4v) is 2.92. The monoisotopic (exact) mass is 320 g/mol. The van der Waals surface area contributed by atoms with E-state index in [1.54, 1.807) is 0 Å². The van der Waals surface area contributed by atoms with Gasteiger partial charge in [-0.25, -0.2) is 0 Å². The lowest BCUT2D eigenvalue weighted by atomic mass is 10.0. The van der Waals surface area contributed by atoms with E-state index in [4.69, 9.17) is 0 Å². The second kappa shape index (κ2) is 5.59. The molecule has 0 aliphatic heterocycles. The highest BCUT2D eigenvalue weighted by atomic mass is 79.9. The van der Waals surface area contributed by atoms with E-state index in [0.717, 1.165) is 23.1 Å². The highest BCUT2D eigenvalue weighted by molar-refractivity contribution is 9.09. The van der Waals surface area contributed by atoms with E-state index in [2.05, 4.69) is 21.2 Å². The summed E-state index contributed by atoms with van der Waals surface area (Å²) in [6.07, 6.45) is 0.784. The summed E-state index contributed by atoms with van der Waals surface area (Å²) < 4.78 is 0. The molecule has 1 N–H and O–H groups in total. The fraction of sp³-hybridized carbons (Fsp3) is 0.500. The van der Waals surface area contributed by atoms with E-state index in [1.807, 2.05) is 13.8 Å². The van der Waals surface area contributed by atoms with Gasteiger partial charge in [0.05, 0.1) is 9.80 Å². The van der Waals surface area contributed by atoms with Crippen molar-refractivity contribution in [2.45, 2.75) is 25.8 Å². The highest BCUT2D eigenvalue weighted by Gasteiger charge is 2.22. The molecule has 0 saturated carbocycles. The molecular formula is C10H13BrN2O3S. The highest BCUT2D eigenvalue weighted by Crippen LogP contribution is 2.24. The molecule has 17 heavy (non-hydrogen) atoms. The second-order valence-corrected chi connectivity index (χ2v) is 6.03. The standard InChI is InChI=1S/C10H13BrN2O3S/c1-10(2,5-6-11)12-9(14)7-3-4-8(17-7)13(15)16/h3-4H,5-6H2,1-2H3,(H,12,14). The molecule has 0 bridgehead atoms. The molecule has 1 rings (SSSR count). The smallest absolute Gasteiger partial charge is 0.324 e. The minimum Gasteiger partial charge on any atom is -0.346 e. The summed E-state index contributed by atoms with van der Waals surface area (Å²) in [6.45, 7) is 3.82. The van der Waals surface area contributed by atoms with Crippen molar-refractivity contribution >= 4 is 38.2 Å². The van der Waals surface area contributed by atoms with Gasteiger partial charge in [0.15, 0.2) is 0 Å². The second-order valence-electron chi connectivity index (χ2n) is 4.17. The average Bonchev–Trinajstić information content (AvgIpc) is 2.64. The lowest BCUT2D eigenvalue weighted by Crippen LogP contribution is -2.43. The summed E-state index contributed by atoms with van der Waals surface area (Å²) in [5, 5.41) is 14.1. The first-order chi connectivity index (χ1) is 7.85. The number of nitrogens with zero attached hydrogens (tertiary/aromatic N) is 1. The topological polar surface area (TPSA) is 72.2 Å². The Morgan fingerprint density at radius 3 is 2.71 bits per heavy atom. The number of nitrogens with one attached hydrogen (secondary N) is 1. The van der Waals surface area contributed by atoms with Crippen molar-refractivity contribution in [2.75, 3.05) is 5.33 Å². The maximum absolute atomic E-state index is 11.8. The molecule has 94 valence electrons. The van der Waals surface area contributed by atoms with Crippen LogP contribution in [0.4, 0.5) is 5.00 Å². The molecule has 0 atom stereocenters. The van der Waals surface area contributed by atoms with Crippen LogP contribution in [0.15, 0.2) is 12.1 Å². The van der Waals surface area contributed by atoms with Crippen molar-refractivity contribution in [3.63, 3.8) is 0 Å². The van der Waals surface area contributed by atoms with Gasteiger partial charge in [-0.2, -0.15) is 0 Å². The molecule has 0 radical (unpaired) electrons. The quantitative estimate of drug-likeness (QED) is 0.515. The molecule has 1 amide bonds. The first-order valence-corrected chi connectivity index (χ1v) is 6.92. The zero-order valence-corrected chi connectivity index (χ0v) is 11.9. The van der Waals surface area contributed by atoms with Crippen molar-refractivity contribution < 1.29 is 9.72 Å². The molecule has 0 saturated heterocycles. The summed E-state index contributed by atoms with van der Waals surface area (Å²) >= 11 is 4.20. The van der Waals surface area contributed by atoms with Gasteiger partial charge in [0.25, 0.3) is 5.91 Å². The molecule has 0 fully saturated rings. The van der Waals surface area contributed by atoms with Crippen LogP contribution in [0.2, 0.25) is 0 Å². The lowest BCUT2D eigenvalue weighted by molar-refractivity contribution is -0.380. The van der Waals surface area contributed by atoms with E-state index in [-0.39, 0.29) is 16.4 Å². The number of hydrogen-bond acceptors (Lipinski definition) is 4. The van der Waals surface area contributed by atoms with E-state index in [0.29, 0.717) is 4.88 Å². The molecule has 1 heterocycles. The lowest BCUT2D eigenvalue weighted by Gasteiger charge is -2.24. The number of halogens is 1. The third kappa shape index (κ3) is 4.08. The number of thiophene rings is 1. The number of nitro groups is 1. The molecule has 1 aromatic heterocycles. The molecule has 0 aliphatic rings. The van der Waals surface area contributed by atoms with Crippen molar-refractivity contribution in [3.8, 4) is 0 Å². The molecular weight excluding hydrogens is 308 g/mol. The Labute approximate surface area is 111 Å². The Morgan fingerprint density at radius 1 is 1.59 bits per heavy atom. The summed E-state index contributed by atoms with van der Waals surface area (Å²) in [5.74, 6) is -0.269.